The molecule has 2 aromatic rings. The van der Waals surface area contributed by atoms with E-state index < -0.39 is 7.34 Å². The third-order valence-electron chi connectivity index (χ3n) is 5.37. The van der Waals surface area contributed by atoms with Gasteiger partial charge in [0.25, 0.3) is 0 Å². The van der Waals surface area contributed by atoms with Gasteiger partial charge in [0.1, 0.15) is 11.5 Å². The molecule has 4 N–H and O–H groups in total. The first-order valence-corrected chi connectivity index (χ1v) is 9.88. The summed E-state index contributed by atoms with van der Waals surface area (Å²) in [5, 5.41) is 23.7. The largest absolute Gasteiger partial charge is 0.507 e. The van der Waals surface area contributed by atoms with E-state index in [0.29, 0.717) is 29.2 Å². The highest BCUT2D eigenvalue weighted by Gasteiger charge is 2.36. The molecule has 0 amide bonds. The smallest absolute Gasteiger partial charge is 0.152 e. The third kappa shape index (κ3) is 2.13. The van der Waals surface area contributed by atoms with Crippen molar-refractivity contribution in [1.82, 2.24) is 0 Å². The molecule has 3 aliphatic rings. The number of rotatable bonds is 0. The van der Waals surface area contributed by atoms with Crippen LogP contribution < -0.4 is 5.30 Å². The van der Waals surface area contributed by atoms with E-state index >= 15 is 0 Å². The highest BCUT2D eigenvalue weighted by atomic mass is 31.2. The van der Waals surface area contributed by atoms with Crippen LogP contribution >= 0.6 is 7.34 Å². The van der Waals surface area contributed by atoms with Crippen molar-refractivity contribution in [3.05, 3.63) is 29.8 Å². The van der Waals surface area contributed by atoms with Crippen molar-refractivity contribution in [2.45, 2.75) is 44.4 Å². The summed E-state index contributed by atoms with van der Waals surface area (Å²) in [5.41, 5.74) is 0.566. The molecule has 0 radical (unpaired) electrons. The fraction of sp³-hybridized carbons (Fsp3) is 0.389. The molecule has 1 fully saturated rings. The van der Waals surface area contributed by atoms with Gasteiger partial charge < -0.3 is 20.0 Å². The second kappa shape index (κ2) is 5.27. The summed E-state index contributed by atoms with van der Waals surface area (Å²) in [6.07, 6.45) is 5.00. The van der Waals surface area contributed by atoms with Crippen LogP contribution in [0.4, 0.5) is 0 Å². The molecule has 2 heterocycles. The van der Waals surface area contributed by atoms with E-state index in [4.69, 9.17) is 0 Å². The maximum absolute atomic E-state index is 11.0. The van der Waals surface area contributed by atoms with Crippen LogP contribution in [0.15, 0.2) is 24.3 Å². The minimum Gasteiger partial charge on any atom is -0.507 e. The molecule has 5 rings (SSSR count). The first-order valence-electron chi connectivity index (χ1n) is 8.18. The van der Waals surface area contributed by atoms with Crippen LogP contribution in [0.5, 0.6) is 11.5 Å². The predicted molar refractivity (Wildman–Crippen MR) is 93.7 cm³/mol. The van der Waals surface area contributed by atoms with Crippen molar-refractivity contribution >= 4 is 28.7 Å². The van der Waals surface area contributed by atoms with E-state index in [1.54, 1.807) is 18.2 Å². The van der Waals surface area contributed by atoms with Crippen LogP contribution in [-0.2, 0) is 0 Å². The lowest BCUT2D eigenvalue weighted by molar-refractivity contribution is 0.436. The van der Waals surface area contributed by atoms with E-state index in [0.717, 1.165) is 31.0 Å². The minimum absolute atomic E-state index is 0.0704. The van der Waals surface area contributed by atoms with Gasteiger partial charge in [-0.05, 0) is 49.7 Å². The Morgan fingerprint density at radius 2 is 1.43 bits per heavy atom. The Bertz CT molecular complexity index is 838. The Morgan fingerprint density at radius 3 is 2.04 bits per heavy atom. The van der Waals surface area contributed by atoms with Gasteiger partial charge in [-0.3, -0.25) is 0 Å². The number of phenols is 2. The lowest BCUT2D eigenvalue weighted by atomic mass is 9.84. The third-order valence-corrected chi connectivity index (χ3v) is 7.77. The lowest BCUT2D eigenvalue weighted by Gasteiger charge is -2.33. The number of benzene rings is 2. The SMILES string of the molecule is Oc1c2c(c(O)c3ccccc13)P(O)(O)=C1CCCC2CCC1. The molecule has 0 saturated heterocycles. The minimum atomic E-state index is -3.56. The molecular weight excluding hydrogens is 311 g/mol. The summed E-state index contributed by atoms with van der Waals surface area (Å²) in [6, 6.07) is 7.07. The molecular formula is C18H21O4P. The molecule has 122 valence electrons. The summed E-state index contributed by atoms with van der Waals surface area (Å²) in [7, 11) is -3.56. The van der Waals surface area contributed by atoms with Crippen LogP contribution in [0.3, 0.4) is 0 Å². The van der Waals surface area contributed by atoms with Crippen LogP contribution in [-0.4, -0.2) is 25.3 Å². The summed E-state index contributed by atoms with van der Waals surface area (Å²) in [4.78, 5) is 21.9. The normalized spacial score (nSPS) is 20.9. The molecule has 1 aliphatic carbocycles. The van der Waals surface area contributed by atoms with Gasteiger partial charge >= 0.3 is 0 Å². The van der Waals surface area contributed by atoms with E-state index in [1.807, 2.05) is 6.07 Å². The summed E-state index contributed by atoms with van der Waals surface area (Å²) in [6.45, 7) is 0. The van der Waals surface area contributed by atoms with Gasteiger partial charge in [0.15, 0.2) is 7.34 Å². The molecule has 4 nitrogen and oxygen atoms in total. The Balaban J connectivity index is 2.22. The monoisotopic (exact) mass is 332 g/mol. The molecule has 2 aliphatic heterocycles. The molecule has 5 heteroatoms. The number of hydrogen-bond donors (Lipinski definition) is 4. The Kier molecular flexibility index (Phi) is 3.45. The Morgan fingerprint density at radius 1 is 0.870 bits per heavy atom. The van der Waals surface area contributed by atoms with Crippen molar-refractivity contribution < 1.29 is 20.0 Å². The summed E-state index contributed by atoms with van der Waals surface area (Å²) in [5.74, 6) is 0.105. The molecule has 2 aromatic carbocycles. The summed E-state index contributed by atoms with van der Waals surface area (Å²) < 4.78 is 0. The van der Waals surface area contributed by atoms with Gasteiger partial charge in [-0.15, -0.1) is 0 Å². The number of aromatic hydroxyl groups is 2. The van der Waals surface area contributed by atoms with Crippen molar-refractivity contribution in [2.75, 3.05) is 0 Å². The van der Waals surface area contributed by atoms with Gasteiger partial charge in [0, 0.05) is 16.3 Å². The second-order valence-corrected chi connectivity index (χ2v) is 8.94. The maximum Gasteiger partial charge on any atom is 0.152 e. The first kappa shape index (κ1) is 15.1. The molecule has 2 bridgehead atoms. The number of phenolic OH excluding ortho intramolecular Hbond substituents is 2. The Labute approximate surface area is 135 Å². The van der Waals surface area contributed by atoms with Gasteiger partial charge in [0.05, 0.1) is 5.30 Å². The van der Waals surface area contributed by atoms with Gasteiger partial charge in [-0.2, -0.15) is 0 Å². The fourth-order valence-corrected chi connectivity index (χ4v) is 6.54. The fourth-order valence-electron chi connectivity index (χ4n) is 4.24. The highest BCUT2D eigenvalue weighted by Crippen LogP contribution is 2.54. The van der Waals surface area contributed by atoms with E-state index in [9.17, 15) is 20.0 Å². The molecule has 1 saturated carbocycles. The summed E-state index contributed by atoms with van der Waals surface area (Å²) >= 11 is 0. The highest BCUT2D eigenvalue weighted by molar-refractivity contribution is 7.73. The second-order valence-electron chi connectivity index (χ2n) is 6.65. The molecule has 0 atom stereocenters. The average molecular weight is 332 g/mol. The van der Waals surface area contributed by atoms with Crippen LogP contribution in [0.1, 0.15) is 50.0 Å². The molecule has 0 aromatic heterocycles. The van der Waals surface area contributed by atoms with E-state index in [2.05, 4.69) is 0 Å². The van der Waals surface area contributed by atoms with Gasteiger partial charge in [-0.25, -0.2) is 0 Å². The zero-order chi connectivity index (χ0) is 16.2. The Hall–Kier alpha value is -1.48. The van der Waals surface area contributed by atoms with Gasteiger partial charge in [0.2, 0.25) is 0 Å². The molecule has 0 unspecified atom stereocenters. The standard InChI is InChI=1S/C18H21O4P/c19-16-13-9-1-2-10-14(13)17(20)18-15(16)11-5-3-7-12(8-4-6-11)23(18,21)22/h1-2,9-11,19-22H,3-8H2. The van der Waals surface area contributed by atoms with Crippen molar-refractivity contribution in [2.24, 2.45) is 0 Å². The lowest BCUT2D eigenvalue weighted by Crippen LogP contribution is -2.25. The zero-order valence-electron chi connectivity index (χ0n) is 12.9. The molecule has 0 spiro atoms. The van der Waals surface area contributed by atoms with E-state index in [1.165, 1.54) is 0 Å². The molecule has 23 heavy (non-hydrogen) atoms. The van der Waals surface area contributed by atoms with Crippen LogP contribution in [0.2, 0.25) is 0 Å². The van der Waals surface area contributed by atoms with Crippen molar-refractivity contribution in [3.8, 4) is 11.5 Å². The first-order chi connectivity index (χ1) is 11.0. The van der Waals surface area contributed by atoms with Gasteiger partial charge in [-0.1, -0.05) is 24.3 Å². The average Bonchev–Trinajstić information content (AvgIpc) is 2.49. The zero-order valence-corrected chi connectivity index (χ0v) is 13.8. The quantitative estimate of drug-likeness (QED) is 0.441. The van der Waals surface area contributed by atoms with Crippen LogP contribution in [0.25, 0.3) is 10.8 Å². The van der Waals surface area contributed by atoms with Crippen molar-refractivity contribution in [1.29, 1.82) is 0 Å². The van der Waals surface area contributed by atoms with Crippen LogP contribution in [0, 0.1) is 0 Å². The number of fused-ring (bicyclic) bond motifs is 5. The number of hydrogen-bond acceptors (Lipinski definition) is 4. The predicted octanol–water partition coefficient (Wildman–Crippen LogP) is 3.33. The maximum atomic E-state index is 11.0. The van der Waals surface area contributed by atoms with E-state index in [-0.39, 0.29) is 22.7 Å². The topological polar surface area (TPSA) is 80.9 Å². The van der Waals surface area contributed by atoms with Crippen molar-refractivity contribution in [3.63, 3.8) is 0 Å².